The van der Waals surface area contributed by atoms with Crippen LogP contribution >= 0.6 is 0 Å². The number of nitrogens with one attached hydrogen (secondary N) is 1. The number of hydrogen-bond donors (Lipinski definition) is 2. The van der Waals surface area contributed by atoms with Crippen molar-refractivity contribution in [2.24, 2.45) is 5.92 Å². The van der Waals surface area contributed by atoms with Crippen LogP contribution in [0.4, 0.5) is 5.69 Å². The largest absolute Gasteiger partial charge is 0.508 e. The van der Waals surface area contributed by atoms with Crippen molar-refractivity contribution in [3.05, 3.63) is 54.1 Å². The van der Waals surface area contributed by atoms with Gasteiger partial charge in [0.05, 0.1) is 6.61 Å². The van der Waals surface area contributed by atoms with Gasteiger partial charge in [-0.3, -0.25) is 4.79 Å². The highest BCUT2D eigenvalue weighted by molar-refractivity contribution is 5.60. The van der Waals surface area contributed by atoms with Gasteiger partial charge in [0.1, 0.15) is 11.5 Å². The molecule has 0 saturated carbocycles. The molecule has 6 nitrogen and oxygen atoms in total. The Kier molecular flexibility index (Phi) is 8.59. The number of phenolic OH excluding ortho intramolecular Hbond substituents is 1. The number of aromatic hydroxyl groups is 1. The van der Waals surface area contributed by atoms with Crippen molar-refractivity contribution in [3.63, 3.8) is 0 Å². The second kappa shape index (κ2) is 11.6. The zero-order valence-electron chi connectivity index (χ0n) is 18.7. The second-order valence-electron chi connectivity index (χ2n) is 8.33. The SMILES string of the molecule is CCCC(NC=O)C1COc2cccc(N3CCN(C)CC3)c2C1.Oc1ccccc1. The molecule has 2 unspecified atom stereocenters. The Morgan fingerprint density at radius 3 is 2.48 bits per heavy atom. The molecule has 168 valence electrons. The summed E-state index contributed by atoms with van der Waals surface area (Å²) >= 11 is 0. The summed E-state index contributed by atoms with van der Waals surface area (Å²) in [5.74, 6) is 1.68. The summed E-state index contributed by atoms with van der Waals surface area (Å²) in [6, 6.07) is 15.3. The van der Waals surface area contributed by atoms with E-state index in [4.69, 9.17) is 9.84 Å². The number of amides is 1. The number of nitrogens with zero attached hydrogens (tertiary/aromatic N) is 2. The third-order valence-corrected chi connectivity index (χ3v) is 6.08. The fourth-order valence-corrected chi connectivity index (χ4v) is 4.30. The number of hydrogen-bond acceptors (Lipinski definition) is 5. The third kappa shape index (κ3) is 6.37. The van der Waals surface area contributed by atoms with Crippen LogP contribution in [0, 0.1) is 5.92 Å². The van der Waals surface area contributed by atoms with Gasteiger partial charge in [-0.15, -0.1) is 0 Å². The van der Waals surface area contributed by atoms with E-state index in [0.717, 1.165) is 57.6 Å². The van der Waals surface area contributed by atoms with E-state index in [2.05, 4.69) is 47.3 Å². The number of ether oxygens (including phenoxy) is 1. The highest BCUT2D eigenvalue weighted by Gasteiger charge is 2.30. The van der Waals surface area contributed by atoms with Crippen molar-refractivity contribution in [3.8, 4) is 11.5 Å². The normalized spacial score (nSPS) is 19.3. The minimum atomic E-state index is 0.196. The standard InChI is InChI=1S/C19H29N3O2.C6H6O/c1-3-5-17(20-14-23)15-12-16-18(6-4-7-19(16)24-13-15)22-10-8-21(2)9-11-22;7-6-4-2-1-3-5-6/h4,6-7,14-15,17H,3,5,8-13H2,1-2H3,(H,20,23);1-5,7H. The van der Waals surface area contributed by atoms with Crippen molar-refractivity contribution in [2.45, 2.75) is 32.2 Å². The zero-order valence-corrected chi connectivity index (χ0v) is 18.7. The van der Waals surface area contributed by atoms with E-state index in [1.165, 1.54) is 11.3 Å². The lowest BCUT2D eigenvalue weighted by Crippen LogP contribution is -2.45. The van der Waals surface area contributed by atoms with Gasteiger partial charge in [-0.1, -0.05) is 37.6 Å². The van der Waals surface area contributed by atoms with Gasteiger partial charge >= 0.3 is 0 Å². The first-order valence-electron chi connectivity index (χ1n) is 11.2. The minimum Gasteiger partial charge on any atom is -0.508 e. The summed E-state index contributed by atoms with van der Waals surface area (Å²) < 4.78 is 6.07. The molecule has 0 spiro atoms. The Bertz CT molecular complexity index is 807. The average molecular weight is 426 g/mol. The van der Waals surface area contributed by atoms with Crippen LogP contribution in [0.5, 0.6) is 11.5 Å². The maximum absolute atomic E-state index is 11.0. The summed E-state index contributed by atoms with van der Waals surface area (Å²) in [7, 11) is 2.18. The number of carbonyl (C=O) groups excluding carboxylic acids is 1. The first-order chi connectivity index (χ1) is 15.1. The number of piperazine rings is 1. The number of fused-ring (bicyclic) bond motifs is 1. The Labute approximate surface area is 185 Å². The average Bonchev–Trinajstić information content (AvgIpc) is 2.80. The van der Waals surface area contributed by atoms with Crippen LogP contribution in [0.1, 0.15) is 25.3 Å². The third-order valence-electron chi connectivity index (χ3n) is 6.08. The molecule has 1 saturated heterocycles. The number of anilines is 1. The lowest BCUT2D eigenvalue weighted by Gasteiger charge is -2.38. The van der Waals surface area contributed by atoms with E-state index >= 15 is 0 Å². The molecule has 2 aromatic carbocycles. The predicted octanol–water partition coefficient (Wildman–Crippen LogP) is 3.30. The first kappa shape index (κ1) is 22.9. The predicted molar refractivity (Wildman–Crippen MR) is 125 cm³/mol. The van der Waals surface area contributed by atoms with Gasteiger partial charge in [0.2, 0.25) is 6.41 Å². The van der Waals surface area contributed by atoms with E-state index < -0.39 is 0 Å². The van der Waals surface area contributed by atoms with Crippen LogP contribution < -0.4 is 15.0 Å². The number of carbonyl (C=O) groups is 1. The number of para-hydroxylation sites is 1. The number of phenols is 1. The molecule has 0 aromatic heterocycles. The number of rotatable bonds is 6. The van der Waals surface area contributed by atoms with E-state index in [-0.39, 0.29) is 6.04 Å². The summed E-state index contributed by atoms with van der Waals surface area (Å²) in [5.41, 5.74) is 2.62. The van der Waals surface area contributed by atoms with Gasteiger partial charge in [-0.05, 0) is 44.2 Å². The highest BCUT2D eigenvalue weighted by Crippen LogP contribution is 2.36. The second-order valence-corrected chi connectivity index (χ2v) is 8.33. The van der Waals surface area contributed by atoms with Crippen LogP contribution in [0.2, 0.25) is 0 Å². The van der Waals surface area contributed by atoms with Gasteiger partial charge in [0.25, 0.3) is 0 Å². The molecule has 2 atom stereocenters. The minimum absolute atomic E-state index is 0.196. The van der Waals surface area contributed by atoms with E-state index in [1.807, 2.05) is 6.07 Å². The fourth-order valence-electron chi connectivity index (χ4n) is 4.30. The van der Waals surface area contributed by atoms with Gasteiger partial charge in [-0.2, -0.15) is 0 Å². The Morgan fingerprint density at radius 2 is 1.87 bits per heavy atom. The van der Waals surface area contributed by atoms with Crippen LogP contribution in [-0.2, 0) is 11.2 Å². The van der Waals surface area contributed by atoms with Gasteiger partial charge in [-0.25, -0.2) is 0 Å². The lowest BCUT2D eigenvalue weighted by atomic mass is 9.87. The maximum Gasteiger partial charge on any atom is 0.207 e. The molecule has 0 radical (unpaired) electrons. The van der Waals surface area contributed by atoms with Gasteiger partial charge in [0.15, 0.2) is 0 Å². The molecule has 2 aliphatic heterocycles. The van der Waals surface area contributed by atoms with Crippen molar-refractivity contribution in [1.29, 1.82) is 0 Å². The molecule has 2 aromatic rings. The van der Waals surface area contributed by atoms with Crippen molar-refractivity contribution in [1.82, 2.24) is 10.2 Å². The van der Waals surface area contributed by atoms with Gasteiger partial charge < -0.3 is 25.0 Å². The van der Waals surface area contributed by atoms with Crippen LogP contribution in [0.15, 0.2) is 48.5 Å². The Balaban J connectivity index is 0.000000330. The molecule has 2 heterocycles. The smallest absolute Gasteiger partial charge is 0.207 e. The Morgan fingerprint density at radius 1 is 1.13 bits per heavy atom. The molecule has 2 aliphatic rings. The van der Waals surface area contributed by atoms with Crippen LogP contribution in [0.3, 0.4) is 0 Å². The molecular formula is C25H35N3O3. The van der Waals surface area contributed by atoms with E-state index in [1.54, 1.807) is 24.3 Å². The molecule has 2 N–H and O–H groups in total. The van der Waals surface area contributed by atoms with Crippen molar-refractivity contribution in [2.75, 3.05) is 44.7 Å². The number of likely N-dealkylation sites (N-methyl/N-ethyl adjacent to an activating group) is 1. The highest BCUT2D eigenvalue weighted by atomic mass is 16.5. The van der Waals surface area contributed by atoms with Crippen molar-refractivity contribution < 1.29 is 14.6 Å². The van der Waals surface area contributed by atoms with Crippen molar-refractivity contribution >= 4 is 12.1 Å². The van der Waals surface area contributed by atoms with E-state index in [0.29, 0.717) is 18.3 Å². The van der Waals surface area contributed by atoms with Crippen LogP contribution in [0.25, 0.3) is 0 Å². The monoisotopic (exact) mass is 425 g/mol. The lowest BCUT2D eigenvalue weighted by molar-refractivity contribution is -0.110. The maximum atomic E-state index is 11.0. The summed E-state index contributed by atoms with van der Waals surface area (Å²) in [6.07, 6.45) is 3.87. The Hall–Kier alpha value is -2.73. The molecule has 6 heteroatoms. The van der Waals surface area contributed by atoms with E-state index in [9.17, 15) is 4.79 Å². The first-order valence-corrected chi connectivity index (χ1v) is 11.2. The summed E-state index contributed by atoms with van der Waals surface area (Å²) in [4.78, 5) is 15.8. The fraction of sp³-hybridized carbons (Fsp3) is 0.480. The molecule has 31 heavy (non-hydrogen) atoms. The zero-order chi connectivity index (χ0) is 22.1. The molecule has 4 rings (SSSR count). The summed E-state index contributed by atoms with van der Waals surface area (Å²) in [5, 5.41) is 11.6. The molecule has 0 bridgehead atoms. The molecule has 0 aliphatic carbocycles. The molecule has 1 fully saturated rings. The molecule has 1 amide bonds. The van der Waals surface area contributed by atoms with Gasteiger partial charge in [0, 0.05) is 49.4 Å². The van der Waals surface area contributed by atoms with Crippen LogP contribution in [-0.4, -0.2) is 62.3 Å². The topological polar surface area (TPSA) is 65.0 Å². The number of benzene rings is 2. The quantitative estimate of drug-likeness (QED) is 0.696. The molecular weight excluding hydrogens is 390 g/mol. The summed E-state index contributed by atoms with van der Waals surface area (Å²) in [6.45, 7) is 7.15.